The van der Waals surface area contributed by atoms with E-state index < -0.39 is 0 Å². The summed E-state index contributed by atoms with van der Waals surface area (Å²) in [5.74, 6) is 1.93. The molecule has 1 aromatic heterocycles. The molecule has 1 heterocycles. The Morgan fingerprint density at radius 3 is 2.54 bits per heavy atom. The molecule has 0 amide bonds. The lowest BCUT2D eigenvalue weighted by Gasteiger charge is -2.27. The van der Waals surface area contributed by atoms with E-state index in [9.17, 15) is 0 Å². The summed E-state index contributed by atoms with van der Waals surface area (Å²) in [7, 11) is 0. The Kier molecular flexibility index (Phi) is 10.4. The molecule has 0 aromatic carbocycles. The maximum Gasteiger partial charge on any atom is 0.191 e. The molecule has 0 saturated heterocycles. The Hall–Kier alpha value is -0.760. The van der Waals surface area contributed by atoms with E-state index in [1.807, 2.05) is 6.07 Å². The van der Waals surface area contributed by atoms with Crippen LogP contribution in [-0.4, -0.2) is 43.1 Å². The van der Waals surface area contributed by atoms with Gasteiger partial charge < -0.3 is 15.1 Å². The van der Waals surface area contributed by atoms with Crippen LogP contribution >= 0.6 is 24.0 Å². The van der Waals surface area contributed by atoms with Crippen molar-refractivity contribution in [2.75, 3.05) is 26.2 Å². The largest absolute Gasteiger partial charge is 0.468 e. The minimum atomic E-state index is 0. The summed E-state index contributed by atoms with van der Waals surface area (Å²) in [6.45, 7) is 10.1. The number of hydrogen-bond donors (Lipinski definition) is 2. The van der Waals surface area contributed by atoms with Gasteiger partial charge in [0.05, 0.1) is 18.8 Å². The molecule has 1 aromatic rings. The van der Waals surface area contributed by atoms with Crippen LogP contribution in [0.3, 0.4) is 0 Å². The Labute approximate surface area is 163 Å². The first-order valence-corrected chi connectivity index (χ1v) is 9.10. The summed E-state index contributed by atoms with van der Waals surface area (Å²) in [6, 6.07) is 4.77. The summed E-state index contributed by atoms with van der Waals surface area (Å²) >= 11 is 0. The minimum Gasteiger partial charge on any atom is -0.468 e. The van der Waals surface area contributed by atoms with Gasteiger partial charge in [-0.15, -0.1) is 24.0 Å². The van der Waals surface area contributed by atoms with Crippen LogP contribution in [-0.2, 0) is 0 Å². The van der Waals surface area contributed by atoms with E-state index in [1.54, 1.807) is 6.26 Å². The fourth-order valence-corrected chi connectivity index (χ4v) is 3.29. The van der Waals surface area contributed by atoms with E-state index in [0.29, 0.717) is 12.6 Å². The van der Waals surface area contributed by atoms with E-state index in [2.05, 4.69) is 42.4 Å². The van der Waals surface area contributed by atoms with Crippen LogP contribution in [0.1, 0.15) is 58.3 Å². The molecule has 1 aliphatic carbocycles. The lowest BCUT2D eigenvalue weighted by atomic mass is 10.2. The molecule has 0 aliphatic heterocycles. The van der Waals surface area contributed by atoms with Crippen LogP contribution in [0.2, 0.25) is 0 Å². The average molecular weight is 448 g/mol. The number of nitrogens with zero attached hydrogens (tertiary/aromatic N) is 2. The van der Waals surface area contributed by atoms with Crippen LogP contribution in [0, 0.1) is 0 Å². The molecule has 1 aliphatic rings. The van der Waals surface area contributed by atoms with Gasteiger partial charge in [-0.25, -0.2) is 0 Å². The fraction of sp³-hybridized carbons (Fsp3) is 0.722. The second-order valence-corrected chi connectivity index (χ2v) is 6.10. The molecule has 2 rings (SSSR count). The lowest BCUT2D eigenvalue weighted by molar-refractivity contribution is 0.198. The van der Waals surface area contributed by atoms with E-state index in [0.717, 1.165) is 31.4 Å². The molecule has 0 bridgehead atoms. The topological polar surface area (TPSA) is 52.8 Å². The minimum absolute atomic E-state index is 0. The lowest BCUT2D eigenvalue weighted by Crippen LogP contribution is -2.43. The third-order valence-corrected chi connectivity index (χ3v) is 4.59. The zero-order valence-electron chi connectivity index (χ0n) is 15.3. The number of furan rings is 1. The standard InChI is InChI=1S/C18H32N4O.HI/c1-4-19-18(21-15-10-7-8-11-15)20-14-16(22(5-2)6-3)17-12-9-13-23-17;/h9,12-13,15-16H,4-8,10-11,14H2,1-3H3,(H2,19,20,21);1H. The molecular weight excluding hydrogens is 415 g/mol. The molecule has 5 nitrogen and oxygen atoms in total. The third kappa shape index (κ3) is 6.27. The maximum absolute atomic E-state index is 5.65. The Balaban J connectivity index is 0.00000288. The number of aliphatic imine (C=N–C) groups is 1. The number of guanidine groups is 1. The van der Waals surface area contributed by atoms with Crippen LogP contribution < -0.4 is 10.6 Å². The predicted octanol–water partition coefficient (Wildman–Crippen LogP) is 3.78. The number of halogens is 1. The van der Waals surface area contributed by atoms with Gasteiger partial charge in [0.1, 0.15) is 5.76 Å². The van der Waals surface area contributed by atoms with Crippen LogP contribution in [0.5, 0.6) is 0 Å². The first kappa shape index (κ1) is 21.3. The van der Waals surface area contributed by atoms with Crippen molar-refractivity contribution in [1.82, 2.24) is 15.5 Å². The summed E-state index contributed by atoms with van der Waals surface area (Å²) in [4.78, 5) is 7.23. The number of rotatable bonds is 8. The molecule has 6 heteroatoms. The molecule has 1 saturated carbocycles. The summed E-state index contributed by atoms with van der Waals surface area (Å²) in [6.07, 6.45) is 6.90. The van der Waals surface area contributed by atoms with E-state index >= 15 is 0 Å². The van der Waals surface area contributed by atoms with Gasteiger partial charge in [0.2, 0.25) is 0 Å². The van der Waals surface area contributed by atoms with E-state index in [1.165, 1.54) is 25.7 Å². The van der Waals surface area contributed by atoms with E-state index in [-0.39, 0.29) is 30.0 Å². The first-order chi connectivity index (χ1) is 11.3. The first-order valence-electron chi connectivity index (χ1n) is 9.10. The zero-order valence-corrected chi connectivity index (χ0v) is 17.6. The van der Waals surface area contributed by atoms with Crippen molar-refractivity contribution in [2.45, 2.75) is 58.5 Å². The third-order valence-electron chi connectivity index (χ3n) is 4.59. The molecule has 138 valence electrons. The van der Waals surface area contributed by atoms with Gasteiger partial charge in [-0.3, -0.25) is 9.89 Å². The highest BCUT2D eigenvalue weighted by Gasteiger charge is 2.21. The quantitative estimate of drug-likeness (QED) is 0.361. The van der Waals surface area contributed by atoms with Crippen molar-refractivity contribution in [1.29, 1.82) is 0 Å². The van der Waals surface area contributed by atoms with Gasteiger partial charge in [0, 0.05) is 12.6 Å². The Morgan fingerprint density at radius 2 is 2.00 bits per heavy atom. The Bertz CT molecular complexity index is 454. The van der Waals surface area contributed by atoms with Crippen molar-refractivity contribution in [3.05, 3.63) is 24.2 Å². The summed E-state index contributed by atoms with van der Waals surface area (Å²) < 4.78 is 5.65. The monoisotopic (exact) mass is 448 g/mol. The second kappa shape index (κ2) is 11.7. The Morgan fingerprint density at radius 1 is 1.29 bits per heavy atom. The van der Waals surface area contributed by atoms with Gasteiger partial charge in [0.15, 0.2) is 5.96 Å². The average Bonchev–Trinajstić information content (AvgIpc) is 3.25. The predicted molar refractivity (Wildman–Crippen MR) is 111 cm³/mol. The van der Waals surface area contributed by atoms with Crippen molar-refractivity contribution < 1.29 is 4.42 Å². The van der Waals surface area contributed by atoms with Gasteiger partial charge >= 0.3 is 0 Å². The normalized spacial score (nSPS) is 16.9. The molecule has 1 unspecified atom stereocenters. The zero-order chi connectivity index (χ0) is 16.5. The molecule has 0 radical (unpaired) electrons. The smallest absolute Gasteiger partial charge is 0.191 e. The van der Waals surface area contributed by atoms with Gasteiger partial charge in [-0.1, -0.05) is 26.7 Å². The number of hydrogen-bond acceptors (Lipinski definition) is 3. The van der Waals surface area contributed by atoms with Crippen molar-refractivity contribution >= 4 is 29.9 Å². The van der Waals surface area contributed by atoms with Gasteiger partial charge in [-0.2, -0.15) is 0 Å². The SMILES string of the molecule is CCNC(=NCC(c1ccco1)N(CC)CC)NC1CCCC1.I. The van der Waals surface area contributed by atoms with Crippen LogP contribution in [0.25, 0.3) is 0 Å². The highest BCUT2D eigenvalue weighted by atomic mass is 127. The number of likely N-dealkylation sites (N-methyl/N-ethyl adjacent to an activating group) is 1. The second-order valence-electron chi connectivity index (χ2n) is 6.10. The van der Waals surface area contributed by atoms with Gasteiger partial charge in [-0.05, 0) is 45.0 Å². The summed E-state index contributed by atoms with van der Waals surface area (Å²) in [5.41, 5.74) is 0. The van der Waals surface area contributed by atoms with Crippen molar-refractivity contribution in [2.24, 2.45) is 4.99 Å². The van der Waals surface area contributed by atoms with E-state index in [4.69, 9.17) is 9.41 Å². The molecule has 1 fully saturated rings. The van der Waals surface area contributed by atoms with Crippen LogP contribution in [0.15, 0.2) is 27.8 Å². The molecule has 24 heavy (non-hydrogen) atoms. The van der Waals surface area contributed by atoms with Crippen molar-refractivity contribution in [3.63, 3.8) is 0 Å². The highest BCUT2D eigenvalue weighted by Crippen LogP contribution is 2.21. The molecule has 2 N–H and O–H groups in total. The highest BCUT2D eigenvalue weighted by molar-refractivity contribution is 14.0. The molecule has 1 atom stereocenters. The molecular formula is C18H33IN4O. The number of nitrogens with one attached hydrogen (secondary N) is 2. The summed E-state index contributed by atoms with van der Waals surface area (Å²) in [5, 5.41) is 6.96. The molecule has 0 spiro atoms. The van der Waals surface area contributed by atoms with Crippen LogP contribution in [0.4, 0.5) is 0 Å². The van der Waals surface area contributed by atoms with Crippen molar-refractivity contribution in [3.8, 4) is 0 Å². The maximum atomic E-state index is 5.65. The fourth-order valence-electron chi connectivity index (χ4n) is 3.29. The van der Waals surface area contributed by atoms with Gasteiger partial charge in [0.25, 0.3) is 0 Å².